The molecule has 100 heavy (non-hydrogen) atoms. The van der Waals surface area contributed by atoms with Crippen molar-refractivity contribution in [1.29, 1.82) is 0 Å². The first-order valence-corrected chi connectivity index (χ1v) is 47.5. The van der Waals surface area contributed by atoms with E-state index in [2.05, 4.69) is 69.2 Å². The monoisotopic (exact) mass is 1470 g/mol. The first kappa shape index (κ1) is 98.8. The van der Waals surface area contributed by atoms with E-state index in [4.69, 9.17) is 3.32 Å². The molecule has 0 heterocycles. The van der Waals surface area contributed by atoms with E-state index in [1.54, 1.807) is 0 Å². The number of hydrogen-bond donors (Lipinski definition) is 0. The van der Waals surface area contributed by atoms with Crippen molar-refractivity contribution in [3.63, 3.8) is 0 Å². The molecule has 0 saturated carbocycles. The molecule has 0 fully saturated rings. The van der Waals surface area contributed by atoms with Gasteiger partial charge in [-0.25, -0.2) is 16.8 Å². The fraction of sp³-hybridized carbons (Fsp3) is 0.867. The Kier molecular flexibility index (Phi) is 68.7. The van der Waals surface area contributed by atoms with Gasteiger partial charge in [-0.2, -0.15) is 0 Å². The summed E-state index contributed by atoms with van der Waals surface area (Å²) in [5.41, 5.74) is 9.26. The molecule has 0 amide bonds. The van der Waals surface area contributed by atoms with Gasteiger partial charge in [0.1, 0.15) is 20.2 Å². The summed E-state index contributed by atoms with van der Waals surface area (Å²) in [5, 5.41) is 0. The van der Waals surface area contributed by atoms with Crippen molar-refractivity contribution in [1.82, 2.24) is 0 Å². The molecule has 0 aliphatic carbocycles. The average molecular weight is 1470 g/mol. The summed E-state index contributed by atoms with van der Waals surface area (Å²) < 4.78 is 85.1. The third kappa shape index (κ3) is 51.9. The molecule has 7 nitrogen and oxygen atoms in total. The zero-order valence-electron chi connectivity index (χ0n) is 68.2. The van der Waals surface area contributed by atoms with E-state index >= 15 is 0 Å². The molecular weight excluding hydrogens is 1300 g/mol. The summed E-state index contributed by atoms with van der Waals surface area (Å²) in [6.07, 6.45) is 82.6. The van der Waals surface area contributed by atoms with Crippen LogP contribution in [-0.4, -0.2) is 25.9 Å². The zero-order chi connectivity index (χ0) is 74.0. The molecule has 0 aliphatic rings. The van der Waals surface area contributed by atoms with E-state index in [1.807, 2.05) is 12.1 Å². The van der Waals surface area contributed by atoms with Crippen molar-refractivity contribution >= 4 is 20.2 Å². The second-order valence-electron chi connectivity index (χ2n) is 31.6. The third-order valence-electron chi connectivity index (χ3n) is 21.8. The Balaban J connectivity index is 0.00000191. The number of hydrogen-bond acceptors (Lipinski definition) is 7. The van der Waals surface area contributed by atoms with Crippen LogP contribution in [-0.2, 0) is 82.5 Å². The van der Waals surface area contributed by atoms with Gasteiger partial charge in [-0.3, -0.25) is 0 Å². The average Bonchev–Trinajstić information content (AvgIpc) is 0.780. The van der Waals surface area contributed by atoms with E-state index in [1.165, 1.54) is 356 Å². The van der Waals surface area contributed by atoms with Gasteiger partial charge >= 0.3 is 23.7 Å². The molecule has 0 bridgehead atoms. The Morgan fingerprint density at radius 3 is 0.500 bits per heavy atom. The first-order valence-electron chi connectivity index (χ1n) is 44.0. The van der Waals surface area contributed by atoms with Gasteiger partial charge < -0.3 is 9.11 Å². The number of rotatable bonds is 70. The fourth-order valence-electron chi connectivity index (χ4n) is 15.6. The van der Waals surface area contributed by atoms with Crippen molar-refractivity contribution in [2.45, 2.75) is 515 Å². The Labute approximate surface area is 636 Å². The van der Waals surface area contributed by atoms with Crippen molar-refractivity contribution in [2.24, 2.45) is 0 Å². The van der Waals surface area contributed by atoms with Gasteiger partial charge in [-0.05, 0) is 146 Å². The Morgan fingerprint density at radius 1 is 0.230 bits per heavy atom. The van der Waals surface area contributed by atoms with Gasteiger partial charge in [0.25, 0.3) is 0 Å². The molecule has 2 aromatic rings. The zero-order valence-corrected chi connectivity index (χ0v) is 71.3. The Bertz CT molecular complexity index is 2220. The molecule has 0 radical (unpaired) electrons. The first-order chi connectivity index (χ1) is 48.5. The van der Waals surface area contributed by atoms with Crippen LogP contribution in [0.15, 0.2) is 21.9 Å². The quantitative estimate of drug-likeness (QED) is 0.0366. The van der Waals surface area contributed by atoms with E-state index in [0.717, 1.165) is 133 Å². The van der Waals surface area contributed by atoms with Crippen LogP contribution < -0.4 is 0 Å². The van der Waals surface area contributed by atoms with Gasteiger partial charge in [-0.15, -0.1) is 0 Å². The van der Waals surface area contributed by atoms with Gasteiger partial charge in [0.05, 0.1) is 9.79 Å². The molecule has 0 aliphatic heterocycles. The molecule has 0 aromatic heterocycles. The second kappa shape index (κ2) is 69.5. The van der Waals surface area contributed by atoms with Crippen LogP contribution in [0.5, 0.6) is 0 Å². The summed E-state index contributed by atoms with van der Waals surface area (Å²) in [5.74, 6) is 0.410. The SMILES string of the molecule is CCCCCCCCCCCCc1c(C(C)C)cc(S(=O)(=O)[O-])c(CCCCCCCCCCCC)c1CCCCCCCCCCCC.CCCCCCCCCCCCc1c(C(C)C)cc(S(=O)(=O)[O-])c(CCCCCCCCCCCC)c1CCCCCCCCCCCC.[O]=[Ti+2]. The number of unbranched alkanes of at least 4 members (excludes halogenated alkanes) is 54. The van der Waals surface area contributed by atoms with Gasteiger partial charge in [0.2, 0.25) is 0 Å². The van der Waals surface area contributed by atoms with Crippen LogP contribution in [0.1, 0.15) is 511 Å². The molecule has 584 valence electrons. The molecule has 10 heteroatoms. The molecule has 2 rings (SSSR count). The minimum absolute atomic E-state index is 0.0982. The normalized spacial score (nSPS) is 11.9. The molecule has 0 N–H and O–H groups in total. The van der Waals surface area contributed by atoms with E-state index in [0.29, 0.717) is 0 Å². The molecule has 2 aromatic carbocycles. The summed E-state index contributed by atoms with van der Waals surface area (Å²) in [7, 11) is -9.08. The van der Waals surface area contributed by atoms with E-state index in [9.17, 15) is 25.9 Å². The predicted molar refractivity (Wildman–Crippen MR) is 431 cm³/mol. The van der Waals surface area contributed by atoms with Crippen molar-refractivity contribution in [2.75, 3.05) is 0 Å². The Hall–Kier alpha value is -1.23. The van der Waals surface area contributed by atoms with Crippen molar-refractivity contribution in [3.05, 3.63) is 56.6 Å². The van der Waals surface area contributed by atoms with E-state index in [-0.39, 0.29) is 21.6 Å². The van der Waals surface area contributed by atoms with Crippen LogP contribution in [0.4, 0.5) is 0 Å². The predicted octanol–water partition coefficient (Wildman–Crippen LogP) is 30.1. The maximum atomic E-state index is 12.8. The third-order valence-corrected chi connectivity index (χ3v) is 23.6. The van der Waals surface area contributed by atoms with Crippen LogP contribution >= 0.6 is 0 Å². The van der Waals surface area contributed by atoms with E-state index < -0.39 is 20.2 Å². The fourth-order valence-corrected chi connectivity index (χ4v) is 17.2. The molecule has 0 unspecified atom stereocenters. The maximum absolute atomic E-state index is 12.8. The molecule has 0 atom stereocenters. The minimum atomic E-state index is -4.54. The standard InChI is InChI=1S/2C45H84O3S.O.Ti/c2*1-6-9-12-15-18-21-24-27-30-33-36-41-42(37-34-31-28-25-22-19-16-13-10-7-2)44(40(4)5)39-45(49(46,47)48)43(41)38-35-32-29-26-23-20-17-14-11-8-3;;/h2*39-40H,6-38H2,1-5H3,(H,46,47,48);;/q;;;+2/p-2. The van der Waals surface area contributed by atoms with Crippen molar-refractivity contribution in [3.8, 4) is 0 Å². The van der Waals surface area contributed by atoms with Gasteiger partial charge in [0.15, 0.2) is 0 Å². The molecule has 0 spiro atoms. The van der Waals surface area contributed by atoms with Gasteiger partial charge in [0, 0.05) is 0 Å². The summed E-state index contributed by atoms with van der Waals surface area (Å²) in [6, 6.07) is 3.62. The summed E-state index contributed by atoms with van der Waals surface area (Å²) in [6.45, 7) is 22.3. The van der Waals surface area contributed by atoms with Crippen LogP contribution in [0.2, 0.25) is 0 Å². The topological polar surface area (TPSA) is 131 Å². The summed E-state index contributed by atoms with van der Waals surface area (Å²) in [4.78, 5) is 0.196. The number of benzene rings is 2. The van der Waals surface area contributed by atoms with Crippen LogP contribution in [0.25, 0.3) is 0 Å². The van der Waals surface area contributed by atoms with Crippen molar-refractivity contribution < 1.29 is 49.7 Å². The van der Waals surface area contributed by atoms with Crippen LogP contribution in [0, 0.1) is 0 Å². The van der Waals surface area contributed by atoms with Gasteiger partial charge in [-0.1, -0.05) is 416 Å². The Morgan fingerprint density at radius 2 is 0.360 bits per heavy atom. The van der Waals surface area contributed by atoms with Crippen LogP contribution in [0.3, 0.4) is 0 Å². The second-order valence-corrected chi connectivity index (χ2v) is 34.3. The summed E-state index contributed by atoms with van der Waals surface area (Å²) >= 11 is 0.750. The molecule has 0 saturated heterocycles. The molecular formula is C90H166O7S2Ti.